The number of para-hydroxylation sites is 1. The minimum atomic E-state index is -0.462. The van der Waals surface area contributed by atoms with Crippen molar-refractivity contribution in [1.82, 2.24) is 10.3 Å². The molecular formula is C18H22N2O2. The predicted octanol–water partition coefficient (Wildman–Crippen LogP) is 4.16. The van der Waals surface area contributed by atoms with Crippen LogP contribution in [-0.4, -0.2) is 23.2 Å². The lowest BCUT2D eigenvalue weighted by Gasteiger charge is -2.19. The van der Waals surface area contributed by atoms with Crippen molar-refractivity contribution in [1.29, 1.82) is 0 Å². The highest BCUT2D eigenvalue weighted by atomic mass is 16.6. The average molecular weight is 298 g/mol. The molecule has 0 saturated carbocycles. The first-order chi connectivity index (χ1) is 10.4. The van der Waals surface area contributed by atoms with E-state index in [0.29, 0.717) is 6.54 Å². The maximum Gasteiger partial charge on any atom is 0.407 e. The average Bonchev–Trinajstić information content (AvgIpc) is 2.45. The Morgan fingerprint density at radius 3 is 2.86 bits per heavy atom. The molecule has 4 heteroatoms. The summed E-state index contributed by atoms with van der Waals surface area (Å²) >= 11 is 0. The van der Waals surface area contributed by atoms with Gasteiger partial charge in [-0.15, -0.1) is 0 Å². The number of hydrogen-bond acceptors (Lipinski definition) is 3. The van der Waals surface area contributed by atoms with Gasteiger partial charge in [-0.25, -0.2) is 4.79 Å². The molecule has 2 aromatic rings. The first-order valence-electron chi connectivity index (χ1n) is 7.42. The Labute approximate surface area is 131 Å². The SMILES string of the molecule is CC(C)(C)OC(=O)NCCC=Cc1cnc2ccccc2c1. The number of aromatic nitrogens is 1. The monoisotopic (exact) mass is 298 g/mol. The van der Waals surface area contributed by atoms with Gasteiger partial charge < -0.3 is 10.1 Å². The molecule has 1 aromatic heterocycles. The van der Waals surface area contributed by atoms with Gasteiger partial charge in [0.2, 0.25) is 0 Å². The quantitative estimate of drug-likeness (QED) is 0.862. The molecule has 0 spiro atoms. The molecule has 0 aliphatic heterocycles. The normalized spacial score (nSPS) is 11.8. The topological polar surface area (TPSA) is 51.2 Å². The van der Waals surface area contributed by atoms with E-state index >= 15 is 0 Å². The lowest BCUT2D eigenvalue weighted by atomic mass is 10.1. The zero-order valence-corrected chi connectivity index (χ0v) is 13.3. The second-order valence-corrected chi connectivity index (χ2v) is 6.08. The van der Waals surface area contributed by atoms with Crippen LogP contribution >= 0.6 is 0 Å². The van der Waals surface area contributed by atoms with Crippen LogP contribution in [0, 0.1) is 0 Å². The predicted molar refractivity (Wildman–Crippen MR) is 89.6 cm³/mol. The van der Waals surface area contributed by atoms with E-state index in [-0.39, 0.29) is 6.09 Å². The maximum atomic E-state index is 11.5. The number of nitrogens with zero attached hydrogens (tertiary/aromatic N) is 1. The van der Waals surface area contributed by atoms with E-state index in [4.69, 9.17) is 4.74 Å². The van der Waals surface area contributed by atoms with E-state index in [1.54, 1.807) is 0 Å². The van der Waals surface area contributed by atoms with Crippen molar-refractivity contribution in [3.05, 3.63) is 48.2 Å². The summed E-state index contributed by atoms with van der Waals surface area (Å²) in [5, 5.41) is 3.85. The van der Waals surface area contributed by atoms with Crippen LogP contribution in [0.2, 0.25) is 0 Å². The number of carbonyl (C=O) groups is 1. The number of fused-ring (bicyclic) bond motifs is 1. The zero-order chi connectivity index (χ0) is 16.0. The van der Waals surface area contributed by atoms with E-state index < -0.39 is 5.60 Å². The summed E-state index contributed by atoms with van der Waals surface area (Å²) < 4.78 is 5.17. The second kappa shape index (κ2) is 7.07. The third-order valence-electron chi connectivity index (χ3n) is 2.90. The molecule has 0 saturated heterocycles. The van der Waals surface area contributed by atoms with Gasteiger partial charge in [-0.2, -0.15) is 0 Å². The lowest BCUT2D eigenvalue weighted by molar-refractivity contribution is 0.0529. The van der Waals surface area contributed by atoms with Gasteiger partial charge in [0.1, 0.15) is 5.60 Å². The third-order valence-corrected chi connectivity index (χ3v) is 2.90. The van der Waals surface area contributed by atoms with Crippen LogP contribution in [0.25, 0.3) is 17.0 Å². The van der Waals surface area contributed by atoms with Crippen molar-refractivity contribution < 1.29 is 9.53 Å². The van der Waals surface area contributed by atoms with Crippen LogP contribution in [0.3, 0.4) is 0 Å². The Morgan fingerprint density at radius 1 is 1.32 bits per heavy atom. The van der Waals surface area contributed by atoms with Crippen molar-refractivity contribution in [2.75, 3.05) is 6.54 Å². The number of alkyl carbamates (subject to hydrolysis) is 1. The summed E-state index contributed by atoms with van der Waals surface area (Å²) in [7, 11) is 0. The molecule has 0 atom stereocenters. The molecular weight excluding hydrogens is 276 g/mol. The highest BCUT2D eigenvalue weighted by Gasteiger charge is 2.15. The molecule has 1 amide bonds. The Morgan fingerprint density at radius 2 is 2.09 bits per heavy atom. The minimum absolute atomic E-state index is 0.381. The van der Waals surface area contributed by atoms with E-state index in [2.05, 4.69) is 16.4 Å². The number of nitrogens with one attached hydrogen (secondary N) is 1. The molecule has 0 bridgehead atoms. The molecule has 4 nitrogen and oxygen atoms in total. The number of carbonyl (C=O) groups excluding carboxylic acids is 1. The summed E-state index contributed by atoms with van der Waals surface area (Å²) in [4.78, 5) is 15.9. The van der Waals surface area contributed by atoms with Crippen LogP contribution in [0.15, 0.2) is 42.6 Å². The number of benzene rings is 1. The number of pyridine rings is 1. The van der Waals surface area contributed by atoms with Crippen LogP contribution in [0.1, 0.15) is 32.8 Å². The van der Waals surface area contributed by atoms with Gasteiger partial charge in [0.15, 0.2) is 0 Å². The molecule has 2 rings (SSSR count). The highest BCUT2D eigenvalue weighted by molar-refractivity contribution is 5.80. The van der Waals surface area contributed by atoms with Crippen LogP contribution < -0.4 is 5.32 Å². The van der Waals surface area contributed by atoms with Gasteiger partial charge in [0, 0.05) is 18.1 Å². The van der Waals surface area contributed by atoms with Gasteiger partial charge in [0.25, 0.3) is 0 Å². The van der Waals surface area contributed by atoms with Gasteiger partial charge >= 0.3 is 6.09 Å². The van der Waals surface area contributed by atoms with Crippen molar-refractivity contribution >= 4 is 23.1 Å². The van der Waals surface area contributed by atoms with Crippen LogP contribution in [0.5, 0.6) is 0 Å². The molecule has 0 aliphatic carbocycles. The Hall–Kier alpha value is -2.36. The highest BCUT2D eigenvalue weighted by Crippen LogP contribution is 2.13. The number of ether oxygens (including phenoxy) is 1. The summed E-state index contributed by atoms with van der Waals surface area (Å²) in [6.07, 6.45) is 6.24. The fourth-order valence-electron chi connectivity index (χ4n) is 1.97. The molecule has 116 valence electrons. The molecule has 0 fully saturated rings. The fourth-order valence-corrected chi connectivity index (χ4v) is 1.97. The van der Waals surface area contributed by atoms with Gasteiger partial charge in [0.05, 0.1) is 5.52 Å². The third kappa shape index (κ3) is 5.20. The summed E-state index contributed by atoms with van der Waals surface area (Å²) in [5.74, 6) is 0. The van der Waals surface area contributed by atoms with Crippen molar-refractivity contribution in [3.8, 4) is 0 Å². The minimum Gasteiger partial charge on any atom is -0.444 e. The van der Waals surface area contributed by atoms with Gasteiger partial charge in [-0.05, 0) is 44.9 Å². The van der Waals surface area contributed by atoms with E-state index in [9.17, 15) is 4.79 Å². The van der Waals surface area contributed by atoms with Crippen LogP contribution in [-0.2, 0) is 4.74 Å². The molecule has 1 aromatic carbocycles. The second-order valence-electron chi connectivity index (χ2n) is 6.08. The van der Waals surface area contributed by atoms with Crippen molar-refractivity contribution in [2.24, 2.45) is 0 Å². The summed E-state index contributed by atoms with van der Waals surface area (Å²) in [6, 6.07) is 10.1. The maximum absolute atomic E-state index is 11.5. The van der Waals surface area contributed by atoms with Gasteiger partial charge in [-0.3, -0.25) is 4.98 Å². The number of rotatable bonds is 4. The molecule has 0 aliphatic rings. The Bertz CT molecular complexity index is 672. The molecule has 22 heavy (non-hydrogen) atoms. The lowest BCUT2D eigenvalue weighted by Crippen LogP contribution is -2.32. The first kappa shape index (κ1) is 16.0. The number of amides is 1. The molecule has 0 unspecified atom stereocenters. The smallest absolute Gasteiger partial charge is 0.407 e. The van der Waals surface area contributed by atoms with Crippen molar-refractivity contribution in [3.63, 3.8) is 0 Å². The molecule has 0 radical (unpaired) electrons. The largest absolute Gasteiger partial charge is 0.444 e. The standard InChI is InChI=1S/C18H22N2O2/c1-18(2,3)22-17(21)19-11-7-6-8-14-12-15-9-4-5-10-16(15)20-13-14/h4-6,8-10,12-13H,7,11H2,1-3H3,(H,19,21). The Balaban J connectivity index is 1.80. The van der Waals surface area contributed by atoms with Gasteiger partial charge in [-0.1, -0.05) is 30.4 Å². The number of hydrogen-bond donors (Lipinski definition) is 1. The molecule has 1 heterocycles. The van der Waals surface area contributed by atoms with E-state index in [1.165, 1.54) is 0 Å². The van der Waals surface area contributed by atoms with E-state index in [0.717, 1.165) is 22.9 Å². The van der Waals surface area contributed by atoms with Crippen LogP contribution in [0.4, 0.5) is 4.79 Å². The molecule has 1 N–H and O–H groups in total. The van der Waals surface area contributed by atoms with Crippen molar-refractivity contribution in [2.45, 2.75) is 32.8 Å². The Kier molecular flexibility index (Phi) is 5.15. The summed E-state index contributed by atoms with van der Waals surface area (Å²) in [5.41, 5.74) is 1.58. The van der Waals surface area contributed by atoms with E-state index in [1.807, 2.05) is 63.4 Å². The fraction of sp³-hybridized carbons (Fsp3) is 0.333. The zero-order valence-electron chi connectivity index (χ0n) is 13.3. The first-order valence-corrected chi connectivity index (χ1v) is 7.42. The summed E-state index contributed by atoms with van der Waals surface area (Å²) in [6.45, 7) is 6.09.